The van der Waals surface area contributed by atoms with E-state index in [-0.39, 0.29) is 0 Å². The predicted octanol–water partition coefficient (Wildman–Crippen LogP) is 1.07. The van der Waals surface area contributed by atoms with Crippen LogP contribution in [0.5, 0.6) is 0 Å². The monoisotopic (exact) mass is 221 g/mol. The molecule has 1 aromatic heterocycles. The summed E-state index contributed by atoms with van der Waals surface area (Å²) in [7, 11) is 0. The van der Waals surface area contributed by atoms with E-state index in [1.807, 2.05) is 0 Å². The smallest absolute Gasteiger partial charge is 0.408 e. The SMILES string of the molecule is CC(C)(O)C(=O)c1ccc2oc(=O)[nH]c2c1. The van der Waals surface area contributed by atoms with Gasteiger partial charge in [-0.15, -0.1) is 0 Å². The van der Waals surface area contributed by atoms with Crippen LogP contribution in [-0.4, -0.2) is 21.5 Å². The molecule has 0 aliphatic carbocycles. The number of hydrogen-bond acceptors (Lipinski definition) is 4. The Morgan fingerprint density at radius 3 is 2.75 bits per heavy atom. The van der Waals surface area contributed by atoms with Gasteiger partial charge in [-0.1, -0.05) is 0 Å². The van der Waals surface area contributed by atoms with Crippen molar-refractivity contribution < 1.29 is 14.3 Å². The lowest BCUT2D eigenvalue weighted by molar-refractivity contribution is 0.0488. The molecule has 0 saturated carbocycles. The van der Waals surface area contributed by atoms with Crippen LogP contribution in [0, 0.1) is 0 Å². The third kappa shape index (κ3) is 1.77. The molecular formula is C11H11NO4. The van der Waals surface area contributed by atoms with E-state index in [0.717, 1.165) is 0 Å². The maximum atomic E-state index is 11.7. The normalized spacial score (nSPS) is 11.9. The molecular weight excluding hydrogens is 210 g/mol. The summed E-state index contributed by atoms with van der Waals surface area (Å²) in [6, 6.07) is 4.52. The molecule has 84 valence electrons. The molecule has 0 aliphatic rings. The summed E-state index contributed by atoms with van der Waals surface area (Å²) >= 11 is 0. The lowest BCUT2D eigenvalue weighted by atomic mass is 9.97. The number of carbonyl (C=O) groups is 1. The molecule has 0 amide bonds. The molecule has 5 nitrogen and oxygen atoms in total. The van der Waals surface area contributed by atoms with Crippen molar-refractivity contribution in [3.05, 3.63) is 34.3 Å². The fraction of sp³-hybridized carbons (Fsp3) is 0.273. The number of aromatic nitrogens is 1. The van der Waals surface area contributed by atoms with E-state index in [4.69, 9.17) is 4.42 Å². The number of benzene rings is 1. The zero-order valence-corrected chi connectivity index (χ0v) is 8.90. The first kappa shape index (κ1) is 10.6. The summed E-state index contributed by atoms with van der Waals surface area (Å²) in [5.41, 5.74) is -0.271. The zero-order valence-electron chi connectivity index (χ0n) is 8.90. The quantitative estimate of drug-likeness (QED) is 0.743. The van der Waals surface area contributed by atoms with E-state index >= 15 is 0 Å². The molecule has 0 radical (unpaired) electrons. The second-order valence-corrected chi connectivity index (χ2v) is 4.11. The van der Waals surface area contributed by atoms with Crippen molar-refractivity contribution in [1.82, 2.24) is 4.98 Å². The largest absolute Gasteiger partial charge is 0.417 e. The highest BCUT2D eigenvalue weighted by Crippen LogP contribution is 2.17. The molecule has 0 saturated heterocycles. The van der Waals surface area contributed by atoms with Crippen LogP contribution in [0.15, 0.2) is 27.4 Å². The molecule has 2 N–H and O–H groups in total. The Kier molecular flexibility index (Phi) is 2.20. The Hall–Kier alpha value is -1.88. The summed E-state index contributed by atoms with van der Waals surface area (Å²) in [5, 5.41) is 9.57. The fourth-order valence-electron chi connectivity index (χ4n) is 1.45. The van der Waals surface area contributed by atoms with Crippen LogP contribution in [0.3, 0.4) is 0 Å². The van der Waals surface area contributed by atoms with Gasteiger partial charge in [0.1, 0.15) is 5.60 Å². The number of H-pyrrole nitrogens is 1. The second-order valence-electron chi connectivity index (χ2n) is 4.11. The second kappa shape index (κ2) is 3.31. The molecule has 0 aliphatic heterocycles. The standard InChI is InChI=1S/C11H11NO4/c1-11(2,15)9(13)6-3-4-8-7(5-6)12-10(14)16-8/h3-5,15H,1-2H3,(H,12,14). The van der Waals surface area contributed by atoms with Gasteiger partial charge < -0.3 is 9.52 Å². The topological polar surface area (TPSA) is 83.3 Å². The molecule has 0 atom stereocenters. The van der Waals surface area contributed by atoms with E-state index in [2.05, 4.69) is 4.98 Å². The minimum absolute atomic E-state index is 0.331. The van der Waals surface area contributed by atoms with Crippen molar-refractivity contribution in [2.75, 3.05) is 0 Å². The number of Topliss-reactive ketones (excluding diaryl/α,β-unsaturated/α-hetero) is 1. The van der Waals surface area contributed by atoms with Crippen LogP contribution in [-0.2, 0) is 0 Å². The average molecular weight is 221 g/mol. The number of ketones is 1. The van der Waals surface area contributed by atoms with Crippen molar-refractivity contribution >= 4 is 16.9 Å². The number of hydrogen-bond donors (Lipinski definition) is 2. The van der Waals surface area contributed by atoms with Gasteiger partial charge in [0.2, 0.25) is 0 Å². The van der Waals surface area contributed by atoms with Crippen LogP contribution in [0.2, 0.25) is 0 Å². The van der Waals surface area contributed by atoms with Gasteiger partial charge in [0.25, 0.3) is 0 Å². The van der Waals surface area contributed by atoms with Crippen LogP contribution in [0.25, 0.3) is 11.1 Å². The molecule has 0 unspecified atom stereocenters. The number of aromatic amines is 1. The molecule has 2 rings (SSSR count). The van der Waals surface area contributed by atoms with Gasteiger partial charge in [-0.3, -0.25) is 9.78 Å². The van der Waals surface area contributed by atoms with Crippen LogP contribution >= 0.6 is 0 Å². The number of carbonyl (C=O) groups excluding carboxylic acids is 1. The summed E-state index contributed by atoms with van der Waals surface area (Å²) in [4.78, 5) is 25.1. The number of nitrogens with one attached hydrogen (secondary N) is 1. The van der Waals surface area contributed by atoms with E-state index in [9.17, 15) is 14.7 Å². The van der Waals surface area contributed by atoms with Crippen LogP contribution < -0.4 is 5.76 Å². The van der Waals surface area contributed by atoms with Crippen LogP contribution in [0.1, 0.15) is 24.2 Å². The highest BCUT2D eigenvalue weighted by atomic mass is 16.4. The van der Waals surface area contributed by atoms with E-state index in [0.29, 0.717) is 16.7 Å². The number of oxazole rings is 1. The Morgan fingerprint density at radius 1 is 1.44 bits per heavy atom. The van der Waals surface area contributed by atoms with Crippen LogP contribution in [0.4, 0.5) is 0 Å². The summed E-state index contributed by atoms with van der Waals surface area (Å²) in [6.07, 6.45) is 0. The minimum atomic E-state index is -1.43. The Morgan fingerprint density at radius 2 is 2.12 bits per heavy atom. The van der Waals surface area contributed by atoms with E-state index in [1.54, 1.807) is 0 Å². The molecule has 0 bridgehead atoms. The van der Waals surface area contributed by atoms with Gasteiger partial charge in [-0.25, -0.2) is 4.79 Å². The molecule has 1 heterocycles. The summed E-state index contributed by atoms with van der Waals surface area (Å²) in [6.45, 7) is 2.83. The van der Waals surface area contributed by atoms with Gasteiger partial charge in [0, 0.05) is 5.56 Å². The number of fused-ring (bicyclic) bond motifs is 1. The molecule has 1 aromatic carbocycles. The highest BCUT2D eigenvalue weighted by Gasteiger charge is 2.25. The van der Waals surface area contributed by atoms with Crippen molar-refractivity contribution in [3.8, 4) is 0 Å². The van der Waals surface area contributed by atoms with Gasteiger partial charge in [-0.05, 0) is 32.0 Å². The molecule has 0 fully saturated rings. The fourth-order valence-corrected chi connectivity index (χ4v) is 1.45. The summed E-state index contributed by atoms with van der Waals surface area (Å²) in [5.74, 6) is -0.973. The lowest BCUT2D eigenvalue weighted by Gasteiger charge is -2.14. The van der Waals surface area contributed by atoms with Crippen molar-refractivity contribution in [2.24, 2.45) is 0 Å². The highest BCUT2D eigenvalue weighted by molar-refractivity contribution is 6.03. The molecule has 2 aromatic rings. The summed E-state index contributed by atoms with van der Waals surface area (Å²) < 4.78 is 4.80. The van der Waals surface area contributed by atoms with Gasteiger partial charge >= 0.3 is 5.76 Å². The third-order valence-electron chi connectivity index (χ3n) is 2.24. The Bertz CT molecular complexity index is 600. The van der Waals surface area contributed by atoms with Gasteiger partial charge in [0.05, 0.1) is 5.52 Å². The average Bonchev–Trinajstić information content (AvgIpc) is 2.54. The maximum absolute atomic E-state index is 11.7. The number of aliphatic hydroxyl groups is 1. The van der Waals surface area contributed by atoms with Crippen molar-refractivity contribution in [2.45, 2.75) is 19.4 Å². The molecule has 5 heteroatoms. The third-order valence-corrected chi connectivity index (χ3v) is 2.24. The molecule has 0 spiro atoms. The minimum Gasteiger partial charge on any atom is -0.408 e. The first-order valence-electron chi connectivity index (χ1n) is 4.78. The number of rotatable bonds is 2. The van der Waals surface area contributed by atoms with Gasteiger partial charge in [-0.2, -0.15) is 0 Å². The molecule has 16 heavy (non-hydrogen) atoms. The Balaban J connectivity index is 2.55. The first-order valence-corrected chi connectivity index (χ1v) is 4.78. The Labute approximate surface area is 90.7 Å². The lowest BCUT2D eigenvalue weighted by Crippen LogP contribution is -2.30. The van der Waals surface area contributed by atoms with E-state index in [1.165, 1.54) is 32.0 Å². The van der Waals surface area contributed by atoms with E-state index < -0.39 is 17.1 Å². The van der Waals surface area contributed by atoms with Crippen molar-refractivity contribution in [3.63, 3.8) is 0 Å². The predicted molar refractivity (Wildman–Crippen MR) is 57.5 cm³/mol. The van der Waals surface area contributed by atoms with Gasteiger partial charge in [0.15, 0.2) is 11.4 Å². The first-order chi connectivity index (χ1) is 7.38. The zero-order chi connectivity index (χ0) is 11.9. The van der Waals surface area contributed by atoms with Crippen molar-refractivity contribution in [1.29, 1.82) is 0 Å². The maximum Gasteiger partial charge on any atom is 0.417 e.